The van der Waals surface area contributed by atoms with E-state index in [1.54, 1.807) is 12.3 Å². The first kappa shape index (κ1) is 21.1. The SMILES string of the molecule is CCOC(=O)C(/C=C/C(=O)OC)c1csc(NC(=O)OCc2ccccc2)n1. The molecule has 0 aliphatic rings. The first-order valence-electron chi connectivity index (χ1n) is 8.39. The van der Waals surface area contributed by atoms with Crippen LogP contribution in [0.3, 0.4) is 0 Å². The number of anilines is 1. The summed E-state index contributed by atoms with van der Waals surface area (Å²) in [6.45, 7) is 1.98. The van der Waals surface area contributed by atoms with E-state index in [0.717, 1.165) is 23.0 Å². The number of esters is 2. The molecule has 0 radical (unpaired) electrons. The number of nitrogens with zero attached hydrogens (tertiary/aromatic N) is 1. The summed E-state index contributed by atoms with van der Waals surface area (Å²) >= 11 is 1.12. The largest absolute Gasteiger partial charge is 0.466 e. The predicted molar refractivity (Wildman–Crippen MR) is 103 cm³/mol. The Kier molecular flexibility index (Phi) is 8.16. The van der Waals surface area contributed by atoms with Gasteiger partial charge in [-0.3, -0.25) is 10.1 Å². The van der Waals surface area contributed by atoms with Gasteiger partial charge in [-0.05, 0) is 12.5 Å². The molecule has 1 aromatic carbocycles. The van der Waals surface area contributed by atoms with Gasteiger partial charge in [-0.2, -0.15) is 0 Å². The van der Waals surface area contributed by atoms with Gasteiger partial charge in [-0.15, -0.1) is 11.3 Å². The second kappa shape index (κ2) is 10.8. The molecule has 0 saturated carbocycles. The topological polar surface area (TPSA) is 104 Å². The smallest absolute Gasteiger partial charge is 0.413 e. The maximum absolute atomic E-state index is 12.2. The van der Waals surface area contributed by atoms with Gasteiger partial charge in [0, 0.05) is 11.5 Å². The van der Waals surface area contributed by atoms with Crippen molar-refractivity contribution in [1.82, 2.24) is 4.98 Å². The van der Waals surface area contributed by atoms with Gasteiger partial charge >= 0.3 is 18.0 Å². The maximum atomic E-state index is 12.2. The van der Waals surface area contributed by atoms with Crippen molar-refractivity contribution in [1.29, 1.82) is 0 Å². The predicted octanol–water partition coefficient (Wildman–Crippen LogP) is 3.27. The molecule has 1 amide bonds. The van der Waals surface area contributed by atoms with Gasteiger partial charge in [0.15, 0.2) is 5.13 Å². The third-order valence-corrected chi connectivity index (χ3v) is 4.20. The van der Waals surface area contributed by atoms with Crippen LogP contribution in [0.15, 0.2) is 47.9 Å². The molecule has 0 saturated heterocycles. The summed E-state index contributed by atoms with van der Waals surface area (Å²) in [6.07, 6.45) is 1.81. The molecule has 1 aromatic heterocycles. The van der Waals surface area contributed by atoms with Crippen LogP contribution in [0, 0.1) is 0 Å². The Morgan fingerprint density at radius 2 is 1.96 bits per heavy atom. The zero-order valence-electron chi connectivity index (χ0n) is 15.4. The fraction of sp³-hybridized carbons (Fsp3) is 0.263. The average molecular weight is 404 g/mol. The summed E-state index contributed by atoms with van der Waals surface area (Å²) < 4.78 is 14.7. The number of aromatic nitrogens is 1. The molecule has 9 heteroatoms. The summed E-state index contributed by atoms with van der Waals surface area (Å²) in [4.78, 5) is 39.6. The number of nitrogens with one attached hydrogen (secondary N) is 1. The van der Waals surface area contributed by atoms with Gasteiger partial charge < -0.3 is 14.2 Å². The van der Waals surface area contributed by atoms with Crippen molar-refractivity contribution in [3.8, 4) is 0 Å². The lowest BCUT2D eigenvalue weighted by Crippen LogP contribution is -2.16. The monoisotopic (exact) mass is 404 g/mol. The van der Waals surface area contributed by atoms with Crippen LogP contribution in [-0.4, -0.2) is 36.7 Å². The van der Waals surface area contributed by atoms with Crippen molar-refractivity contribution in [3.63, 3.8) is 0 Å². The quantitative estimate of drug-likeness (QED) is 0.409. The van der Waals surface area contributed by atoms with Crippen LogP contribution < -0.4 is 5.32 Å². The van der Waals surface area contributed by atoms with Gasteiger partial charge in [0.1, 0.15) is 12.5 Å². The number of thiazole rings is 1. The molecule has 0 aliphatic carbocycles. The number of carbonyl (C=O) groups is 3. The molecule has 0 bridgehead atoms. The first-order chi connectivity index (χ1) is 13.5. The van der Waals surface area contributed by atoms with Crippen LogP contribution in [-0.2, 0) is 30.4 Å². The van der Waals surface area contributed by atoms with E-state index in [-0.39, 0.29) is 18.3 Å². The summed E-state index contributed by atoms with van der Waals surface area (Å²) in [5.41, 5.74) is 1.19. The normalized spacial score (nSPS) is 11.6. The molecule has 2 aromatic rings. The summed E-state index contributed by atoms with van der Waals surface area (Å²) in [5.74, 6) is -2.07. The van der Waals surface area contributed by atoms with E-state index in [1.807, 2.05) is 30.3 Å². The zero-order chi connectivity index (χ0) is 20.4. The molecule has 0 aliphatic heterocycles. The lowest BCUT2D eigenvalue weighted by atomic mass is 10.1. The molecule has 1 heterocycles. The number of methoxy groups -OCH3 is 1. The van der Waals surface area contributed by atoms with E-state index < -0.39 is 23.9 Å². The van der Waals surface area contributed by atoms with Gasteiger partial charge in [-0.25, -0.2) is 14.6 Å². The van der Waals surface area contributed by atoms with Crippen molar-refractivity contribution in [2.45, 2.75) is 19.4 Å². The van der Waals surface area contributed by atoms with Crippen molar-refractivity contribution in [2.24, 2.45) is 0 Å². The molecular weight excluding hydrogens is 384 g/mol. The van der Waals surface area contributed by atoms with Crippen LogP contribution in [0.4, 0.5) is 9.93 Å². The molecular formula is C19H20N2O6S. The second-order valence-electron chi connectivity index (χ2n) is 5.38. The highest BCUT2D eigenvalue weighted by Gasteiger charge is 2.23. The molecule has 148 valence electrons. The van der Waals surface area contributed by atoms with Crippen LogP contribution in [0.25, 0.3) is 0 Å². The fourth-order valence-electron chi connectivity index (χ4n) is 2.11. The molecule has 0 spiro atoms. The number of ether oxygens (including phenoxy) is 3. The number of hydrogen-bond donors (Lipinski definition) is 1. The minimum Gasteiger partial charge on any atom is -0.466 e. The van der Waals surface area contributed by atoms with E-state index in [2.05, 4.69) is 15.0 Å². The zero-order valence-corrected chi connectivity index (χ0v) is 16.2. The van der Waals surface area contributed by atoms with Crippen molar-refractivity contribution < 1.29 is 28.6 Å². The van der Waals surface area contributed by atoms with E-state index in [1.165, 1.54) is 13.2 Å². The molecule has 1 unspecified atom stereocenters. The first-order valence-corrected chi connectivity index (χ1v) is 9.27. The number of hydrogen-bond acceptors (Lipinski definition) is 8. The Balaban J connectivity index is 2.01. The van der Waals surface area contributed by atoms with E-state index >= 15 is 0 Å². The number of benzene rings is 1. The van der Waals surface area contributed by atoms with Crippen LogP contribution in [0.5, 0.6) is 0 Å². The standard InChI is InChI=1S/C19H20N2O6S/c1-3-26-17(23)14(9-10-16(22)25-2)15-12-28-18(20-15)21-19(24)27-11-13-7-5-4-6-8-13/h4-10,12,14H,3,11H2,1-2H3,(H,20,21,24)/b10-9+. The summed E-state index contributed by atoms with van der Waals surface area (Å²) in [5, 5.41) is 4.36. The van der Waals surface area contributed by atoms with Gasteiger partial charge in [0.25, 0.3) is 0 Å². The molecule has 8 nitrogen and oxygen atoms in total. The van der Waals surface area contributed by atoms with Crippen LogP contribution in [0.2, 0.25) is 0 Å². The molecule has 28 heavy (non-hydrogen) atoms. The minimum absolute atomic E-state index is 0.123. The van der Waals surface area contributed by atoms with Gasteiger partial charge in [0.2, 0.25) is 0 Å². The Hall–Kier alpha value is -3.20. The summed E-state index contributed by atoms with van der Waals surface area (Å²) in [7, 11) is 1.23. The Labute approximate surface area is 166 Å². The lowest BCUT2D eigenvalue weighted by Gasteiger charge is -2.09. The third-order valence-electron chi connectivity index (χ3n) is 3.43. The third kappa shape index (κ3) is 6.51. The Morgan fingerprint density at radius 1 is 1.21 bits per heavy atom. The van der Waals surface area contributed by atoms with Crippen molar-refractivity contribution in [2.75, 3.05) is 19.0 Å². The fourth-order valence-corrected chi connectivity index (χ4v) is 2.84. The molecule has 1 N–H and O–H groups in total. The van der Waals surface area contributed by atoms with Crippen LogP contribution in [0.1, 0.15) is 24.1 Å². The highest BCUT2D eigenvalue weighted by molar-refractivity contribution is 7.13. The Morgan fingerprint density at radius 3 is 2.64 bits per heavy atom. The number of rotatable bonds is 8. The maximum Gasteiger partial charge on any atom is 0.413 e. The van der Waals surface area contributed by atoms with E-state index in [0.29, 0.717) is 5.69 Å². The van der Waals surface area contributed by atoms with Crippen molar-refractivity contribution in [3.05, 3.63) is 59.1 Å². The number of carbonyl (C=O) groups excluding carboxylic acids is 3. The number of amides is 1. The molecule has 1 atom stereocenters. The van der Waals surface area contributed by atoms with Crippen molar-refractivity contribution >= 4 is 34.5 Å². The lowest BCUT2D eigenvalue weighted by molar-refractivity contribution is -0.143. The highest BCUT2D eigenvalue weighted by Crippen LogP contribution is 2.25. The van der Waals surface area contributed by atoms with Gasteiger partial charge in [-0.1, -0.05) is 36.4 Å². The van der Waals surface area contributed by atoms with Crippen LogP contribution >= 0.6 is 11.3 Å². The Bertz CT molecular complexity index is 834. The van der Waals surface area contributed by atoms with E-state index in [9.17, 15) is 14.4 Å². The highest BCUT2D eigenvalue weighted by atomic mass is 32.1. The minimum atomic E-state index is -0.897. The van der Waals surface area contributed by atoms with E-state index in [4.69, 9.17) is 9.47 Å². The summed E-state index contributed by atoms with van der Waals surface area (Å²) in [6, 6.07) is 9.25. The van der Waals surface area contributed by atoms with Gasteiger partial charge in [0.05, 0.1) is 19.4 Å². The average Bonchev–Trinajstić information content (AvgIpc) is 3.15. The molecule has 0 fully saturated rings. The molecule has 2 rings (SSSR count). The second-order valence-corrected chi connectivity index (χ2v) is 6.23.